The highest BCUT2D eigenvalue weighted by Gasteiger charge is 2.18. The molecule has 1 rings (SSSR count). The first-order valence-electron chi connectivity index (χ1n) is 6.96. The highest BCUT2D eigenvalue weighted by molar-refractivity contribution is 5.77. The van der Waals surface area contributed by atoms with Crippen LogP contribution in [0, 0.1) is 12.8 Å². The Hall–Kier alpha value is -2.04. The number of nitrogens with zero attached hydrogens (tertiary/aromatic N) is 1. The molecule has 5 heteroatoms. The summed E-state index contributed by atoms with van der Waals surface area (Å²) in [6, 6.07) is 7.67. The molecule has 0 fully saturated rings. The topological polar surface area (TPSA) is 55.8 Å². The zero-order valence-electron chi connectivity index (χ0n) is 13.1. The van der Waals surface area contributed by atoms with Crippen molar-refractivity contribution in [3.05, 3.63) is 29.8 Å². The van der Waals surface area contributed by atoms with Crippen LogP contribution in [0.3, 0.4) is 0 Å². The van der Waals surface area contributed by atoms with Crippen LogP contribution in [0.1, 0.15) is 18.9 Å². The standard InChI is InChI=1S/C16H23NO4/c1-12-7-5-6-8-14(12)21-10-9-15(18)17(3)11-13(2)16(19)20-4/h5-8,13H,9-11H2,1-4H3. The third-order valence-corrected chi connectivity index (χ3v) is 3.24. The van der Waals surface area contributed by atoms with Gasteiger partial charge >= 0.3 is 5.97 Å². The number of esters is 1. The first-order chi connectivity index (χ1) is 9.95. The third kappa shape index (κ3) is 5.45. The van der Waals surface area contributed by atoms with E-state index in [-0.39, 0.29) is 24.2 Å². The lowest BCUT2D eigenvalue weighted by Gasteiger charge is -2.20. The molecule has 0 bridgehead atoms. The van der Waals surface area contributed by atoms with Crippen LogP contribution in [0.5, 0.6) is 5.75 Å². The Morgan fingerprint density at radius 2 is 1.95 bits per heavy atom. The minimum absolute atomic E-state index is 0.0562. The van der Waals surface area contributed by atoms with Gasteiger partial charge in [-0.1, -0.05) is 25.1 Å². The van der Waals surface area contributed by atoms with Crippen molar-refractivity contribution in [1.29, 1.82) is 0 Å². The quantitative estimate of drug-likeness (QED) is 0.722. The van der Waals surface area contributed by atoms with Crippen molar-refractivity contribution < 1.29 is 19.1 Å². The molecule has 0 heterocycles. The summed E-state index contributed by atoms with van der Waals surface area (Å²) in [6.45, 7) is 4.36. The van der Waals surface area contributed by atoms with E-state index in [0.29, 0.717) is 13.2 Å². The van der Waals surface area contributed by atoms with Gasteiger partial charge in [-0.3, -0.25) is 9.59 Å². The molecule has 0 spiro atoms. The van der Waals surface area contributed by atoms with E-state index in [0.717, 1.165) is 11.3 Å². The zero-order chi connectivity index (χ0) is 15.8. The van der Waals surface area contributed by atoms with Gasteiger partial charge in [0.2, 0.25) is 5.91 Å². The fourth-order valence-electron chi connectivity index (χ4n) is 1.95. The number of carbonyl (C=O) groups is 2. The largest absolute Gasteiger partial charge is 0.493 e. The second-order valence-electron chi connectivity index (χ2n) is 5.06. The van der Waals surface area contributed by atoms with E-state index in [1.165, 1.54) is 12.0 Å². The fourth-order valence-corrected chi connectivity index (χ4v) is 1.95. The van der Waals surface area contributed by atoms with Crippen LogP contribution < -0.4 is 4.74 Å². The average Bonchev–Trinajstić information content (AvgIpc) is 2.47. The van der Waals surface area contributed by atoms with Gasteiger partial charge in [-0.25, -0.2) is 0 Å². The molecule has 0 aliphatic heterocycles. The van der Waals surface area contributed by atoms with Crippen molar-refractivity contribution in [3.63, 3.8) is 0 Å². The molecule has 0 aliphatic rings. The first-order valence-corrected chi connectivity index (χ1v) is 6.96. The predicted molar refractivity (Wildman–Crippen MR) is 80.1 cm³/mol. The van der Waals surface area contributed by atoms with Crippen molar-refractivity contribution in [3.8, 4) is 5.75 Å². The van der Waals surface area contributed by atoms with Gasteiger partial charge in [-0.15, -0.1) is 0 Å². The molecule has 0 aliphatic carbocycles. The summed E-state index contributed by atoms with van der Waals surface area (Å²) in [4.78, 5) is 24.8. The van der Waals surface area contributed by atoms with Crippen LogP contribution in [-0.4, -0.2) is 44.1 Å². The van der Waals surface area contributed by atoms with E-state index in [4.69, 9.17) is 4.74 Å². The zero-order valence-corrected chi connectivity index (χ0v) is 13.1. The molecule has 1 amide bonds. The van der Waals surface area contributed by atoms with Gasteiger partial charge in [-0.05, 0) is 18.6 Å². The van der Waals surface area contributed by atoms with Crippen molar-refractivity contribution in [1.82, 2.24) is 4.90 Å². The van der Waals surface area contributed by atoms with Gasteiger partial charge in [0, 0.05) is 13.6 Å². The molecule has 1 aromatic carbocycles. The van der Waals surface area contributed by atoms with E-state index in [2.05, 4.69) is 4.74 Å². The fraction of sp³-hybridized carbons (Fsp3) is 0.500. The number of ether oxygens (including phenoxy) is 2. The van der Waals surface area contributed by atoms with Gasteiger partial charge in [0.05, 0.1) is 26.1 Å². The number of para-hydroxylation sites is 1. The van der Waals surface area contributed by atoms with Gasteiger partial charge < -0.3 is 14.4 Å². The Labute approximate surface area is 125 Å². The Balaban J connectivity index is 2.36. The Morgan fingerprint density at radius 1 is 1.29 bits per heavy atom. The van der Waals surface area contributed by atoms with Crippen molar-refractivity contribution >= 4 is 11.9 Å². The number of carbonyl (C=O) groups excluding carboxylic acids is 2. The molecule has 0 saturated heterocycles. The molecule has 1 unspecified atom stereocenters. The number of rotatable bonds is 7. The van der Waals surface area contributed by atoms with E-state index in [1.54, 1.807) is 14.0 Å². The summed E-state index contributed by atoms with van der Waals surface area (Å²) in [5, 5.41) is 0. The summed E-state index contributed by atoms with van der Waals surface area (Å²) in [5.74, 6) is 0.0854. The summed E-state index contributed by atoms with van der Waals surface area (Å²) < 4.78 is 10.2. The molecule has 21 heavy (non-hydrogen) atoms. The molecule has 0 aromatic heterocycles. The monoisotopic (exact) mass is 293 g/mol. The molecule has 0 saturated carbocycles. The molecule has 5 nitrogen and oxygen atoms in total. The van der Waals surface area contributed by atoms with E-state index < -0.39 is 0 Å². The van der Waals surface area contributed by atoms with Crippen LogP contribution in [0.2, 0.25) is 0 Å². The molecular formula is C16H23NO4. The SMILES string of the molecule is COC(=O)C(C)CN(C)C(=O)CCOc1ccccc1C. The summed E-state index contributed by atoms with van der Waals surface area (Å²) in [5.41, 5.74) is 1.04. The number of aryl methyl sites for hydroxylation is 1. The van der Waals surface area contributed by atoms with Gasteiger partial charge in [-0.2, -0.15) is 0 Å². The van der Waals surface area contributed by atoms with Crippen molar-refractivity contribution in [2.75, 3.05) is 27.3 Å². The lowest BCUT2D eigenvalue weighted by Crippen LogP contribution is -2.34. The van der Waals surface area contributed by atoms with Crippen LogP contribution in [0.4, 0.5) is 0 Å². The molecule has 0 radical (unpaired) electrons. The van der Waals surface area contributed by atoms with Gasteiger partial charge in [0.15, 0.2) is 0 Å². The number of hydrogen-bond acceptors (Lipinski definition) is 4. The number of amides is 1. The van der Waals surface area contributed by atoms with Crippen LogP contribution in [-0.2, 0) is 14.3 Å². The smallest absolute Gasteiger partial charge is 0.310 e. The number of benzene rings is 1. The summed E-state index contributed by atoms with van der Waals surface area (Å²) in [7, 11) is 3.02. The highest BCUT2D eigenvalue weighted by Crippen LogP contribution is 2.16. The average molecular weight is 293 g/mol. The van der Waals surface area contributed by atoms with E-state index in [9.17, 15) is 9.59 Å². The molecule has 1 aromatic rings. The third-order valence-electron chi connectivity index (χ3n) is 3.24. The molecular weight excluding hydrogens is 270 g/mol. The summed E-state index contributed by atoms with van der Waals surface area (Å²) >= 11 is 0. The van der Waals surface area contributed by atoms with Gasteiger partial charge in [0.1, 0.15) is 5.75 Å². The highest BCUT2D eigenvalue weighted by atomic mass is 16.5. The maximum Gasteiger partial charge on any atom is 0.310 e. The lowest BCUT2D eigenvalue weighted by atomic mass is 10.1. The lowest BCUT2D eigenvalue weighted by molar-refractivity contribution is -0.146. The Morgan fingerprint density at radius 3 is 2.57 bits per heavy atom. The van der Waals surface area contributed by atoms with Crippen molar-refractivity contribution in [2.45, 2.75) is 20.3 Å². The van der Waals surface area contributed by atoms with Crippen LogP contribution in [0.25, 0.3) is 0 Å². The first kappa shape index (κ1) is 17.0. The van der Waals surface area contributed by atoms with Gasteiger partial charge in [0.25, 0.3) is 0 Å². The van der Waals surface area contributed by atoms with Crippen LogP contribution in [0.15, 0.2) is 24.3 Å². The minimum atomic E-state index is -0.332. The molecule has 0 N–H and O–H groups in total. The Kier molecular flexibility index (Phi) is 6.72. The van der Waals surface area contributed by atoms with Crippen LogP contribution >= 0.6 is 0 Å². The maximum atomic E-state index is 12.0. The van der Waals surface area contributed by atoms with Crippen molar-refractivity contribution in [2.24, 2.45) is 5.92 Å². The minimum Gasteiger partial charge on any atom is -0.493 e. The summed E-state index contributed by atoms with van der Waals surface area (Å²) in [6.07, 6.45) is 0.277. The van der Waals surface area contributed by atoms with E-state index >= 15 is 0 Å². The second-order valence-corrected chi connectivity index (χ2v) is 5.06. The molecule has 1 atom stereocenters. The molecule has 116 valence electrons. The predicted octanol–water partition coefficient (Wildman–Crippen LogP) is 2.03. The maximum absolute atomic E-state index is 12.0. The normalized spacial score (nSPS) is 11.6. The Bertz CT molecular complexity index is 487. The number of methoxy groups -OCH3 is 1. The van der Waals surface area contributed by atoms with E-state index in [1.807, 2.05) is 31.2 Å². The second kappa shape index (κ2) is 8.29. The number of hydrogen-bond donors (Lipinski definition) is 0.